The Balaban J connectivity index is 2.59. The van der Waals surface area contributed by atoms with Crippen LogP contribution in [0.2, 0.25) is 0 Å². The summed E-state index contributed by atoms with van der Waals surface area (Å²) in [5, 5.41) is 0. The largest absolute Gasteiger partial charge is 0.207 e. The van der Waals surface area contributed by atoms with Crippen LogP contribution in [-0.2, 0) is 0 Å². The summed E-state index contributed by atoms with van der Waals surface area (Å²) in [6, 6.07) is 17.1. The van der Waals surface area contributed by atoms with Gasteiger partial charge in [-0.2, -0.15) is 0 Å². The lowest BCUT2D eigenvalue weighted by Gasteiger charge is -2.14. The van der Waals surface area contributed by atoms with Crippen LogP contribution in [0.5, 0.6) is 0 Å². The topological polar surface area (TPSA) is 0 Å². The summed E-state index contributed by atoms with van der Waals surface area (Å²) in [6.07, 6.45) is 2.02. The first kappa shape index (κ1) is 13.5. The molecule has 1 heteroatoms. The van der Waals surface area contributed by atoms with Gasteiger partial charge in [-0.15, -0.1) is 0 Å². The van der Waals surface area contributed by atoms with E-state index < -0.39 is 0 Å². The van der Waals surface area contributed by atoms with Crippen molar-refractivity contribution in [3.63, 3.8) is 0 Å². The van der Waals surface area contributed by atoms with Crippen LogP contribution in [0.4, 0.5) is 4.39 Å². The summed E-state index contributed by atoms with van der Waals surface area (Å²) in [4.78, 5) is 0. The molecule has 0 aliphatic rings. The first-order valence-electron chi connectivity index (χ1n) is 6.79. The molecule has 0 spiro atoms. The molecule has 98 valence electrons. The second-order valence-electron chi connectivity index (χ2n) is 4.56. The van der Waals surface area contributed by atoms with Crippen molar-refractivity contribution < 1.29 is 4.39 Å². The average Bonchev–Trinajstić information content (AvgIpc) is 2.47. The molecule has 0 amide bonds. The molecule has 2 aromatic carbocycles. The van der Waals surface area contributed by atoms with E-state index in [1.54, 1.807) is 0 Å². The minimum absolute atomic E-state index is 0.189. The molecule has 2 rings (SSSR count). The van der Waals surface area contributed by atoms with Gasteiger partial charge in [-0.3, -0.25) is 0 Å². The van der Waals surface area contributed by atoms with Crippen molar-refractivity contribution in [3.05, 3.63) is 77.1 Å². The highest BCUT2D eigenvalue weighted by atomic mass is 19.1. The molecule has 0 N–H and O–H groups in total. The Morgan fingerprint density at radius 2 is 1.32 bits per heavy atom. The van der Waals surface area contributed by atoms with E-state index in [1.807, 2.05) is 30.3 Å². The van der Waals surface area contributed by atoms with E-state index in [-0.39, 0.29) is 5.82 Å². The lowest BCUT2D eigenvalue weighted by atomic mass is 9.91. The normalized spacial score (nSPS) is 10.3. The lowest BCUT2D eigenvalue weighted by Crippen LogP contribution is -1.94. The Labute approximate surface area is 114 Å². The van der Waals surface area contributed by atoms with Crippen molar-refractivity contribution in [1.82, 2.24) is 0 Å². The highest BCUT2D eigenvalue weighted by Gasteiger charge is 2.09. The molecule has 0 saturated heterocycles. The van der Waals surface area contributed by atoms with E-state index in [4.69, 9.17) is 0 Å². The van der Waals surface area contributed by atoms with E-state index in [0.717, 1.165) is 18.4 Å². The number of hydrogen-bond acceptors (Lipinski definition) is 0. The molecule has 0 aliphatic heterocycles. The molecule has 0 atom stereocenters. The maximum absolute atomic E-state index is 13.1. The molecule has 0 nitrogen and oxygen atoms in total. The molecule has 0 radical (unpaired) electrons. The van der Waals surface area contributed by atoms with Crippen LogP contribution in [-0.4, -0.2) is 0 Å². The predicted octanol–water partition coefficient (Wildman–Crippen LogP) is 5.45. The second kappa shape index (κ2) is 6.33. The number of benzene rings is 2. The number of allylic oxidation sites excluding steroid dienone is 1. The summed E-state index contributed by atoms with van der Waals surface area (Å²) < 4.78 is 13.1. The third kappa shape index (κ3) is 3.11. The fraction of sp³-hybridized carbons (Fsp3) is 0.222. The summed E-state index contributed by atoms with van der Waals surface area (Å²) in [5.74, 6) is -0.189. The maximum Gasteiger partial charge on any atom is 0.123 e. The third-order valence-electron chi connectivity index (χ3n) is 3.40. The van der Waals surface area contributed by atoms with E-state index in [1.165, 1.54) is 28.8 Å². The Morgan fingerprint density at radius 3 is 1.84 bits per heavy atom. The first-order valence-corrected chi connectivity index (χ1v) is 6.79. The highest BCUT2D eigenvalue weighted by Crippen LogP contribution is 2.30. The second-order valence-corrected chi connectivity index (χ2v) is 4.56. The molecule has 0 unspecified atom stereocenters. The molecule has 2 aromatic rings. The van der Waals surface area contributed by atoms with Gasteiger partial charge in [0, 0.05) is 0 Å². The van der Waals surface area contributed by atoms with Gasteiger partial charge in [-0.25, -0.2) is 4.39 Å². The van der Waals surface area contributed by atoms with Gasteiger partial charge in [0.05, 0.1) is 0 Å². The average molecular weight is 254 g/mol. The highest BCUT2D eigenvalue weighted by molar-refractivity contribution is 5.82. The molecule has 0 bridgehead atoms. The van der Waals surface area contributed by atoms with Crippen molar-refractivity contribution in [2.75, 3.05) is 0 Å². The zero-order valence-electron chi connectivity index (χ0n) is 11.5. The molecule has 0 saturated carbocycles. The molecular formula is C18H19F. The van der Waals surface area contributed by atoms with Crippen molar-refractivity contribution in [2.45, 2.75) is 26.7 Å². The monoisotopic (exact) mass is 254 g/mol. The summed E-state index contributed by atoms with van der Waals surface area (Å²) in [5.41, 5.74) is 4.93. The van der Waals surface area contributed by atoms with Crippen molar-refractivity contribution in [3.8, 4) is 0 Å². The zero-order valence-corrected chi connectivity index (χ0v) is 11.5. The quantitative estimate of drug-likeness (QED) is 0.680. The van der Waals surface area contributed by atoms with Gasteiger partial charge in [0.15, 0.2) is 0 Å². The molecule has 0 fully saturated rings. The van der Waals surface area contributed by atoms with Crippen molar-refractivity contribution in [1.29, 1.82) is 0 Å². The lowest BCUT2D eigenvalue weighted by molar-refractivity contribution is 0.627. The van der Waals surface area contributed by atoms with E-state index in [2.05, 4.69) is 26.0 Å². The number of halogens is 1. The minimum atomic E-state index is -0.189. The fourth-order valence-electron chi connectivity index (χ4n) is 2.40. The van der Waals surface area contributed by atoms with Crippen LogP contribution < -0.4 is 0 Å². The van der Waals surface area contributed by atoms with E-state index >= 15 is 0 Å². The maximum atomic E-state index is 13.1. The van der Waals surface area contributed by atoms with Crippen LogP contribution in [0.3, 0.4) is 0 Å². The predicted molar refractivity (Wildman–Crippen MR) is 79.4 cm³/mol. The summed E-state index contributed by atoms with van der Waals surface area (Å²) in [7, 11) is 0. The minimum Gasteiger partial charge on any atom is -0.207 e. The number of rotatable bonds is 4. The number of hydrogen-bond donors (Lipinski definition) is 0. The first-order chi connectivity index (χ1) is 9.26. The van der Waals surface area contributed by atoms with Gasteiger partial charge in [0.25, 0.3) is 0 Å². The van der Waals surface area contributed by atoms with Gasteiger partial charge >= 0.3 is 0 Å². The Morgan fingerprint density at radius 1 is 0.789 bits per heavy atom. The zero-order chi connectivity index (χ0) is 13.7. The van der Waals surface area contributed by atoms with Gasteiger partial charge in [-0.1, -0.05) is 61.9 Å². The summed E-state index contributed by atoms with van der Waals surface area (Å²) in [6.45, 7) is 4.34. The fourth-order valence-corrected chi connectivity index (χ4v) is 2.40. The van der Waals surface area contributed by atoms with E-state index in [0.29, 0.717) is 0 Å². The van der Waals surface area contributed by atoms with Gasteiger partial charge in [-0.05, 0) is 41.7 Å². The Bertz CT molecular complexity index is 544. The van der Waals surface area contributed by atoms with Gasteiger partial charge in [0.2, 0.25) is 0 Å². The molecular weight excluding hydrogens is 235 g/mol. The SMILES string of the molecule is CCC(CC)=C(c1ccccc1)c1ccc(F)cc1. The van der Waals surface area contributed by atoms with Gasteiger partial charge < -0.3 is 0 Å². The Kier molecular flexibility index (Phi) is 4.51. The van der Waals surface area contributed by atoms with Crippen LogP contribution in [0.15, 0.2) is 60.2 Å². The third-order valence-corrected chi connectivity index (χ3v) is 3.40. The molecule has 0 aliphatic carbocycles. The molecule has 0 aromatic heterocycles. The molecule has 0 heterocycles. The van der Waals surface area contributed by atoms with E-state index in [9.17, 15) is 4.39 Å². The summed E-state index contributed by atoms with van der Waals surface area (Å²) >= 11 is 0. The molecule has 19 heavy (non-hydrogen) atoms. The van der Waals surface area contributed by atoms with Crippen LogP contribution >= 0.6 is 0 Å². The van der Waals surface area contributed by atoms with Crippen molar-refractivity contribution >= 4 is 5.57 Å². The van der Waals surface area contributed by atoms with Crippen LogP contribution in [0.1, 0.15) is 37.8 Å². The smallest absolute Gasteiger partial charge is 0.123 e. The van der Waals surface area contributed by atoms with Crippen LogP contribution in [0.25, 0.3) is 5.57 Å². The van der Waals surface area contributed by atoms with Crippen molar-refractivity contribution in [2.24, 2.45) is 0 Å². The van der Waals surface area contributed by atoms with Crippen LogP contribution in [0, 0.1) is 5.82 Å². The van der Waals surface area contributed by atoms with Gasteiger partial charge in [0.1, 0.15) is 5.82 Å². The Hall–Kier alpha value is -1.89. The standard InChI is InChI=1S/C18H19F/c1-3-14(4-2)18(15-8-6-5-7-9-15)16-10-12-17(19)13-11-16/h5-13H,3-4H2,1-2H3.